The molecule has 1 fully saturated rings. The minimum Gasteiger partial charge on any atom is -0.493 e. The summed E-state index contributed by atoms with van der Waals surface area (Å²) in [5.74, 6) is 0.637. The second kappa shape index (κ2) is 4.96. The van der Waals surface area contributed by atoms with E-state index >= 15 is 0 Å². The largest absolute Gasteiger partial charge is 0.493 e. The first-order chi connectivity index (χ1) is 11.7. The van der Waals surface area contributed by atoms with E-state index in [2.05, 4.69) is 33.8 Å². The molecule has 1 spiro atoms. The van der Waals surface area contributed by atoms with Gasteiger partial charge in [-0.25, -0.2) is 0 Å². The van der Waals surface area contributed by atoms with Gasteiger partial charge in [0.1, 0.15) is 0 Å². The van der Waals surface area contributed by atoms with Crippen molar-refractivity contribution in [1.82, 2.24) is 0 Å². The van der Waals surface area contributed by atoms with Gasteiger partial charge in [0, 0.05) is 22.6 Å². The second-order valence-corrected chi connectivity index (χ2v) is 8.96. The molecule has 4 aliphatic rings. The Morgan fingerprint density at radius 2 is 1.92 bits per heavy atom. The molecular weight excluding hydrogens is 312 g/mol. The number of carbonyl (C=O) groups is 2. The van der Waals surface area contributed by atoms with Crippen molar-refractivity contribution >= 4 is 11.6 Å². The average Bonchev–Trinajstić information content (AvgIpc) is 2.86. The third-order valence-corrected chi connectivity index (χ3v) is 8.42. The van der Waals surface area contributed by atoms with Crippen molar-refractivity contribution in [3.05, 3.63) is 34.6 Å². The predicted octanol–water partition coefficient (Wildman–Crippen LogP) is 4.54. The Balaban J connectivity index is 2.01. The number of ether oxygens (including phenoxy) is 1. The van der Waals surface area contributed by atoms with Crippen LogP contribution in [0.3, 0.4) is 0 Å². The summed E-state index contributed by atoms with van der Waals surface area (Å²) in [6.45, 7) is 9.21. The molecule has 3 heteroatoms. The zero-order valence-electron chi connectivity index (χ0n) is 16.0. The lowest BCUT2D eigenvalue weighted by Gasteiger charge is -2.64. The fraction of sp³-hybridized carbons (Fsp3) is 0.636. The SMILES string of the molecule is COC1=CC(=O)C2=C(CC3(C)C(C)CCC4(C)C(C)=CCCC243)C1=O. The summed E-state index contributed by atoms with van der Waals surface area (Å²) in [5, 5.41) is 0. The lowest BCUT2D eigenvalue weighted by molar-refractivity contribution is -0.124. The van der Waals surface area contributed by atoms with Crippen molar-refractivity contribution in [3.8, 4) is 0 Å². The van der Waals surface area contributed by atoms with Crippen LogP contribution in [-0.2, 0) is 14.3 Å². The summed E-state index contributed by atoms with van der Waals surface area (Å²) in [4.78, 5) is 26.2. The summed E-state index contributed by atoms with van der Waals surface area (Å²) >= 11 is 0. The molecule has 0 radical (unpaired) electrons. The van der Waals surface area contributed by atoms with Crippen molar-refractivity contribution in [2.24, 2.45) is 22.2 Å². The molecule has 0 bridgehead atoms. The topological polar surface area (TPSA) is 43.4 Å². The van der Waals surface area contributed by atoms with Gasteiger partial charge in [0.2, 0.25) is 5.78 Å². The van der Waals surface area contributed by atoms with E-state index in [4.69, 9.17) is 4.74 Å². The van der Waals surface area contributed by atoms with Crippen LogP contribution in [0.15, 0.2) is 34.6 Å². The van der Waals surface area contributed by atoms with Crippen molar-refractivity contribution in [2.75, 3.05) is 7.11 Å². The molecule has 0 N–H and O–H groups in total. The third kappa shape index (κ3) is 1.68. The lowest BCUT2D eigenvalue weighted by Crippen LogP contribution is -2.58. The zero-order chi connectivity index (χ0) is 18.2. The van der Waals surface area contributed by atoms with Crippen LogP contribution in [0.1, 0.15) is 59.8 Å². The Morgan fingerprint density at radius 1 is 1.20 bits per heavy atom. The summed E-state index contributed by atoms with van der Waals surface area (Å²) in [5.41, 5.74) is 2.63. The molecule has 4 rings (SSSR count). The Morgan fingerprint density at radius 3 is 2.60 bits per heavy atom. The van der Waals surface area contributed by atoms with E-state index < -0.39 is 0 Å². The number of rotatable bonds is 1. The number of ketones is 2. The molecule has 0 heterocycles. The molecule has 0 aromatic carbocycles. The quantitative estimate of drug-likeness (QED) is 0.520. The van der Waals surface area contributed by atoms with Gasteiger partial charge < -0.3 is 4.74 Å². The van der Waals surface area contributed by atoms with Gasteiger partial charge in [0.25, 0.3) is 0 Å². The van der Waals surface area contributed by atoms with Crippen molar-refractivity contribution in [1.29, 1.82) is 0 Å². The number of carbonyl (C=O) groups excluding carboxylic acids is 2. The Labute approximate surface area is 150 Å². The van der Waals surface area contributed by atoms with E-state index in [0.717, 1.165) is 36.8 Å². The number of hydrogen-bond acceptors (Lipinski definition) is 3. The van der Waals surface area contributed by atoms with E-state index in [0.29, 0.717) is 12.3 Å². The maximum atomic E-state index is 13.2. The summed E-state index contributed by atoms with van der Waals surface area (Å²) in [6, 6.07) is 0. The highest BCUT2D eigenvalue weighted by atomic mass is 16.5. The van der Waals surface area contributed by atoms with Gasteiger partial charge >= 0.3 is 0 Å². The molecule has 4 atom stereocenters. The predicted molar refractivity (Wildman–Crippen MR) is 96.8 cm³/mol. The smallest absolute Gasteiger partial charge is 0.224 e. The van der Waals surface area contributed by atoms with Crippen molar-refractivity contribution in [2.45, 2.75) is 59.8 Å². The van der Waals surface area contributed by atoms with Crippen molar-refractivity contribution in [3.63, 3.8) is 0 Å². The van der Waals surface area contributed by atoms with Gasteiger partial charge in [-0.05, 0) is 55.8 Å². The molecule has 0 aromatic rings. The van der Waals surface area contributed by atoms with Gasteiger partial charge in [0.15, 0.2) is 11.5 Å². The fourth-order valence-electron chi connectivity index (χ4n) is 6.75. The zero-order valence-corrected chi connectivity index (χ0v) is 16.0. The van der Waals surface area contributed by atoms with Gasteiger partial charge in [-0.1, -0.05) is 32.4 Å². The molecule has 4 aliphatic carbocycles. The van der Waals surface area contributed by atoms with Gasteiger partial charge in [-0.15, -0.1) is 0 Å². The Hall–Kier alpha value is -1.64. The Kier molecular flexibility index (Phi) is 3.33. The second-order valence-electron chi connectivity index (χ2n) is 8.96. The van der Waals surface area contributed by atoms with Crippen LogP contribution in [0.25, 0.3) is 0 Å². The molecule has 4 unspecified atom stereocenters. The molecule has 134 valence electrons. The number of hydrogen-bond donors (Lipinski definition) is 0. The average molecular weight is 340 g/mol. The van der Waals surface area contributed by atoms with E-state index in [1.807, 2.05) is 0 Å². The van der Waals surface area contributed by atoms with E-state index in [1.54, 1.807) is 0 Å². The van der Waals surface area contributed by atoms with Crippen LogP contribution in [-0.4, -0.2) is 18.7 Å². The van der Waals surface area contributed by atoms with Crippen LogP contribution in [0, 0.1) is 22.2 Å². The summed E-state index contributed by atoms with van der Waals surface area (Å²) in [6.07, 6.45) is 8.69. The summed E-state index contributed by atoms with van der Waals surface area (Å²) < 4.78 is 5.22. The molecule has 1 saturated carbocycles. The molecule has 0 aromatic heterocycles. The first-order valence-electron chi connectivity index (χ1n) is 9.48. The third-order valence-electron chi connectivity index (χ3n) is 8.42. The molecular formula is C22H28O3. The highest BCUT2D eigenvalue weighted by molar-refractivity contribution is 6.23. The van der Waals surface area contributed by atoms with Gasteiger partial charge in [-0.2, -0.15) is 0 Å². The van der Waals surface area contributed by atoms with Crippen LogP contribution in [0.4, 0.5) is 0 Å². The Bertz CT molecular complexity index is 783. The normalized spacial score (nSPS) is 43.2. The van der Waals surface area contributed by atoms with E-state index in [-0.39, 0.29) is 33.6 Å². The maximum absolute atomic E-state index is 13.2. The van der Waals surface area contributed by atoms with E-state index in [1.165, 1.54) is 18.8 Å². The molecule has 0 aliphatic heterocycles. The minimum absolute atomic E-state index is 0.00481. The highest BCUT2D eigenvalue weighted by Gasteiger charge is 2.70. The molecule has 25 heavy (non-hydrogen) atoms. The van der Waals surface area contributed by atoms with Crippen molar-refractivity contribution < 1.29 is 14.3 Å². The first kappa shape index (κ1) is 16.8. The number of Topliss-reactive ketones (excluding diaryl/α,β-unsaturated/α-hetero) is 1. The molecule has 3 nitrogen and oxygen atoms in total. The van der Waals surface area contributed by atoms with E-state index in [9.17, 15) is 9.59 Å². The molecule has 0 saturated heterocycles. The van der Waals surface area contributed by atoms with Crippen LogP contribution in [0.5, 0.6) is 0 Å². The van der Waals surface area contributed by atoms with Crippen LogP contribution in [0.2, 0.25) is 0 Å². The van der Waals surface area contributed by atoms with Gasteiger partial charge in [-0.3, -0.25) is 9.59 Å². The number of allylic oxidation sites excluding steroid dienone is 5. The minimum atomic E-state index is -0.228. The monoisotopic (exact) mass is 340 g/mol. The highest BCUT2D eigenvalue weighted by Crippen LogP contribution is 2.76. The molecule has 0 amide bonds. The van der Waals surface area contributed by atoms with Crippen LogP contribution < -0.4 is 0 Å². The van der Waals surface area contributed by atoms with Crippen LogP contribution >= 0.6 is 0 Å². The number of methoxy groups -OCH3 is 1. The standard InChI is InChI=1S/C22H28O3/c1-13-7-6-9-22-18-15(19(24)17(25-5)11-16(18)23)12-21(22,4)14(2)8-10-20(13,22)3/h7,11,14H,6,8-10,12H2,1-5H3. The summed E-state index contributed by atoms with van der Waals surface area (Å²) in [7, 11) is 1.48. The maximum Gasteiger partial charge on any atom is 0.224 e. The van der Waals surface area contributed by atoms with Gasteiger partial charge in [0.05, 0.1) is 7.11 Å². The lowest BCUT2D eigenvalue weighted by atomic mass is 9.39. The first-order valence-corrected chi connectivity index (χ1v) is 9.48. The fourth-order valence-corrected chi connectivity index (χ4v) is 6.75.